The Balaban J connectivity index is 1.96. The Kier molecular flexibility index (Phi) is 7.64. The van der Waals surface area contributed by atoms with Gasteiger partial charge >= 0.3 is 0 Å². The Morgan fingerprint density at radius 1 is 1.19 bits per heavy atom. The largest absolute Gasteiger partial charge is 0.490 e. The SMILES string of the molecule is CN=C(NCc1noc(C)n1)NCc1ccc(C)cc1OC(C)CC(C)C. The molecule has 0 aliphatic carbocycles. The Bertz CT molecular complexity index is 755. The molecule has 1 atom stereocenters. The topological polar surface area (TPSA) is 84.6 Å². The van der Waals surface area contributed by atoms with Crippen LogP contribution in [0.4, 0.5) is 0 Å². The first-order chi connectivity index (χ1) is 12.9. The van der Waals surface area contributed by atoms with Gasteiger partial charge in [-0.05, 0) is 37.8 Å². The van der Waals surface area contributed by atoms with E-state index in [2.05, 4.69) is 71.7 Å². The molecule has 148 valence electrons. The normalized spacial score (nSPS) is 12.9. The molecule has 1 heterocycles. The van der Waals surface area contributed by atoms with Gasteiger partial charge in [-0.25, -0.2) is 0 Å². The minimum Gasteiger partial charge on any atom is -0.490 e. The number of hydrogen-bond acceptors (Lipinski definition) is 5. The van der Waals surface area contributed by atoms with Crippen LogP contribution in [-0.2, 0) is 13.1 Å². The molecule has 2 N–H and O–H groups in total. The average Bonchev–Trinajstić information content (AvgIpc) is 3.01. The first-order valence-corrected chi connectivity index (χ1v) is 9.37. The molecule has 1 aromatic carbocycles. The van der Waals surface area contributed by atoms with Gasteiger partial charge in [-0.3, -0.25) is 4.99 Å². The van der Waals surface area contributed by atoms with Crippen LogP contribution >= 0.6 is 0 Å². The summed E-state index contributed by atoms with van der Waals surface area (Å²) in [5, 5.41) is 10.4. The van der Waals surface area contributed by atoms with Crippen LogP contribution in [0.25, 0.3) is 0 Å². The molecular weight excluding hydrogens is 342 g/mol. The average molecular weight is 374 g/mol. The highest BCUT2D eigenvalue weighted by Crippen LogP contribution is 2.23. The van der Waals surface area contributed by atoms with Crippen molar-refractivity contribution in [1.29, 1.82) is 0 Å². The molecule has 1 unspecified atom stereocenters. The van der Waals surface area contributed by atoms with E-state index < -0.39 is 0 Å². The van der Waals surface area contributed by atoms with Crippen LogP contribution < -0.4 is 15.4 Å². The Morgan fingerprint density at radius 3 is 2.56 bits per heavy atom. The summed E-state index contributed by atoms with van der Waals surface area (Å²) in [6, 6.07) is 6.27. The molecule has 2 aromatic rings. The van der Waals surface area contributed by atoms with Crippen molar-refractivity contribution in [3.8, 4) is 5.75 Å². The lowest BCUT2D eigenvalue weighted by molar-refractivity contribution is 0.191. The van der Waals surface area contributed by atoms with Gasteiger partial charge in [0.15, 0.2) is 11.8 Å². The maximum atomic E-state index is 6.20. The maximum absolute atomic E-state index is 6.20. The Labute approximate surface area is 161 Å². The third-order valence-corrected chi connectivity index (χ3v) is 4.01. The number of hydrogen-bond donors (Lipinski definition) is 2. The second-order valence-corrected chi connectivity index (χ2v) is 7.18. The maximum Gasteiger partial charge on any atom is 0.223 e. The fourth-order valence-corrected chi connectivity index (χ4v) is 2.82. The second-order valence-electron chi connectivity index (χ2n) is 7.18. The van der Waals surface area contributed by atoms with E-state index in [1.54, 1.807) is 14.0 Å². The third-order valence-electron chi connectivity index (χ3n) is 4.01. The van der Waals surface area contributed by atoms with E-state index >= 15 is 0 Å². The molecule has 0 amide bonds. The molecule has 7 heteroatoms. The van der Waals surface area contributed by atoms with E-state index in [0.717, 1.165) is 17.7 Å². The fourth-order valence-electron chi connectivity index (χ4n) is 2.82. The van der Waals surface area contributed by atoms with Crippen LogP contribution in [0, 0.1) is 19.8 Å². The summed E-state index contributed by atoms with van der Waals surface area (Å²) in [6.45, 7) is 11.4. The van der Waals surface area contributed by atoms with E-state index in [1.165, 1.54) is 5.56 Å². The summed E-state index contributed by atoms with van der Waals surface area (Å²) in [4.78, 5) is 8.41. The van der Waals surface area contributed by atoms with Gasteiger partial charge in [0.1, 0.15) is 5.75 Å². The van der Waals surface area contributed by atoms with Crippen molar-refractivity contribution in [1.82, 2.24) is 20.8 Å². The smallest absolute Gasteiger partial charge is 0.223 e. The van der Waals surface area contributed by atoms with Gasteiger partial charge < -0.3 is 19.9 Å². The summed E-state index contributed by atoms with van der Waals surface area (Å²) < 4.78 is 11.2. The van der Waals surface area contributed by atoms with Gasteiger partial charge in [-0.1, -0.05) is 31.1 Å². The molecule has 0 radical (unpaired) electrons. The van der Waals surface area contributed by atoms with Crippen molar-refractivity contribution in [3.63, 3.8) is 0 Å². The molecule has 27 heavy (non-hydrogen) atoms. The molecule has 0 spiro atoms. The lowest BCUT2D eigenvalue weighted by atomic mass is 10.1. The van der Waals surface area contributed by atoms with Crippen LogP contribution in [0.3, 0.4) is 0 Å². The fraction of sp³-hybridized carbons (Fsp3) is 0.550. The first-order valence-electron chi connectivity index (χ1n) is 9.37. The predicted molar refractivity (Wildman–Crippen MR) is 107 cm³/mol. The number of nitrogens with one attached hydrogen (secondary N) is 2. The zero-order chi connectivity index (χ0) is 19.8. The number of aromatic nitrogens is 2. The van der Waals surface area contributed by atoms with Crippen molar-refractivity contribution in [2.45, 2.75) is 60.2 Å². The Morgan fingerprint density at radius 2 is 1.93 bits per heavy atom. The van der Waals surface area contributed by atoms with Crippen LogP contribution in [0.1, 0.15) is 50.0 Å². The van der Waals surface area contributed by atoms with Gasteiger partial charge in [0.25, 0.3) is 0 Å². The van der Waals surface area contributed by atoms with E-state index in [-0.39, 0.29) is 6.10 Å². The summed E-state index contributed by atoms with van der Waals surface area (Å²) in [6.07, 6.45) is 1.19. The van der Waals surface area contributed by atoms with Crippen molar-refractivity contribution in [2.75, 3.05) is 7.05 Å². The zero-order valence-electron chi connectivity index (χ0n) is 17.2. The quantitative estimate of drug-likeness (QED) is 0.545. The van der Waals surface area contributed by atoms with E-state index in [1.807, 2.05) is 0 Å². The van der Waals surface area contributed by atoms with Crippen molar-refractivity contribution in [3.05, 3.63) is 41.0 Å². The highest BCUT2D eigenvalue weighted by Gasteiger charge is 2.11. The summed E-state index contributed by atoms with van der Waals surface area (Å²) in [7, 11) is 1.73. The standard InChI is InChI=1S/C20H31N5O2/c1-13(2)9-15(4)26-18-10-14(3)7-8-17(18)11-22-20(21-6)23-12-19-24-16(5)27-25-19/h7-8,10,13,15H,9,11-12H2,1-6H3,(H2,21,22,23). The van der Waals surface area contributed by atoms with E-state index in [9.17, 15) is 0 Å². The first kappa shape index (κ1) is 20.7. The predicted octanol–water partition coefficient (Wildman–Crippen LogP) is 3.37. The molecule has 0 bridgehead atoms. The van der Waals surface area contributed by atoms with Crippen LogP contribution in [0.5, 0.6) is 5.75 Å². The lowest BCUT2D eigenvalue weighted by Crippen LogP contribution is -2.36. The number of rotatable bonds is 8. The minimum absolute atomic E-state index is 0.171. The highest BCUT2D eigenvalue weighted by atomic mass is 16.5. The zero-order valence-corrected chi connectivity index (χ0v) is 17.2. The van der Waals surface area contributed by atoms with E-state index in [4.69, 9.17) is 9.26 Å². The van der Waals surface area contributed by atoms with Gasteiger partial charge in [0.05, 0.1) is 12.6 Å². The van der Waals surface area contributed by atoms with Crippen molar-refractivity contribution in [2.24, 2.45) is 10.9 Å². The Hall–Kier alpha value is -2.57. The van der Waals surface area contributed by atoms with Gasteiger partial charge in [-0.15, -0.1) is 0 Å². The van der Waals surface area contributed by atoms with Crippen molar-refractivity contribution < 1.29 is 9.26 Å². The number of nitrogens with zero attached hydrogens (tertiary/aromatic N) is 3. The number of benzene rings is 1. The van der Waals surface area contributed by atoms with Gasteiger partial charge in [-0.2, -0.15) is 4.98 Å². The summed E-state index contributed by atoms with van der Waals surface area (Å²) >= 11 is 0. The molecule has 0 aliphatic heterocycles. The van der Waals surface area contributed by atoms with Crippen LogP contribution in [0.15, 0.2) is 27.7 Å². The molecule has 0 fully saturated rings. The number of ether oxygens (including phenoxy) is 1. The number of aryl methyl sites for hydroxylation is 2. The molecule has 1 aromatic heterocycles. The van der Waals surface area contributed by atoms with Crippen LogP contribution in [0.2, 0.25) is 0 Å². The molecule has 0 saturated heterocycles. The third kappa shape index (κ3) is 6.92. The lowest BCUT2D eigenvalue weighted by Gasteiger charge is -2.20. The summed E-state index contributed by atoms with van der Waals surface area (Å²) in [5.41, 5.74) is 2.27. The highest BCUT2D eigenvalue weighted by molar-refractivity contribution is 5.79. The molecule has 0 saturated carbocycles. The molecule has 2 rings (SSSR count). The number of guanidine groups is 1. The van der Waals surface area contributed by atoms with Gasteiger partial charge in [0, 0.05) is 26.1 Å². The van der Waals surface area contributed by atoms with Crippen molar-refractivity contribution >= 4 is 5.96 Å². The van der Waals surface area contributed by atoms with E-state index in [0.29, 0.717) is 36.7 Å². The minimum atomic E-state index is 0.171. The van der Waals surface area contributed by atoms with Crippen LogP contribution in [-0.4, -0.2) is 29.3 Å². The second kappa shape index (κ2) is 9.94. The molecule has 0 aliphatic rings. The molecule has 7 nitrogen and oxygen atoms in total. The monoisotopic (exact) mass is 373 g/mol. The number of aliphatic imine (C=N–C) groups is 1. The molecular formula is C20H31N5O2. The van der Waals surface area contributed by atoms with Gasteiger partial charge in [0.2, 0.25) is 5.89 Å². The summed E-state index contributed by atoms with van der Waals surface area (Å²) in [5.74, 6) is 3.33.